The molecule has 1 aromatic carbocycles. The van der Waals surface area contributed by atoms with Crippen molar-refractivity contribution in [3.63, 3.8) is 0 Å². The molecule has 0 aliphatic carbocycles. The third-order valence-electron chi connectivity index (χ3n) is 1.33. The number of hydrogen-bond acceptors (Lipinski definition) is 3. The summed E-state index contributed by atoms with van der Waals surface area (Å²) in [5.74, 6) is 2.71. The van der Waals surface area contributed by atoms with Crippen LogP contribution in [0.15, 0.2) is 24.3 Å². The minimum atomic E-state index is -0.429. The lowest BCUT2D eigenvalue weighted by Crippen LogP contribution is -1.90. The van der Waals surface area contributed by atoms with Crippen molar-refractivity contribution in [3.8, 4) is 11.2 Å². The van der Waals surface area contributed by atoms with Gasteiger partial charge in [-0.25, -0.2) is 0 Å². The molecule has 3 nitrogen and oxygen atoms in total. The van der Waals surface area contributed by atoms with E-state index < -0.39 is 4.92 Å². The molecule has 0 aliphatic rings. The fourth-order valence-corrected chi connectivity index (χ4v) is 1.29. The molecule has 0 saturated heterocycles. The summed E-state index contributed by atoms with van der Waals surface area (Å²) < 4.78 is 0. The van der Waals surface area contributed by atoms with Crippen LogP contribution < -0.4 is 0 Å². The quantitative estimate of drug-likeness (QED) is 0.347. The van der Waals surface area contributed by atoms with Gasteiger partial charge in [-0.05, 0) is 26.2 Å². The second kappa shape index (κ2) is 5.09. The van der Waals surface area contributed by atoms with Crippen LogP contribution in [0.3, 0.4) is 0 Å². The Morgan fingerprint density at radius 2 is 2.15 bits per heavy atom. The van der Waals surface area contributed by atoms with Crippen molar-refractivity contribution in [2.45, 2.75) is 0 Å². The smallest absolute Gasteiger partial charge is 0.258 e. The minimum absolute atomic E-state index is 0.0560. The van der Waals surface area contributed by atoms with Gasteiger partial charge in [-0.2, -0.15) is 0 Å². The van der Waals surface area contributed by atoms with E-state index in [4.69, 9.17) is 0 Å². The van der Waals surface area contributed by atoms with Crippen LogP contribution in [0.25, 0.3) is 0 Å². The summed E-state index contributed by atoms with van der Waals surface area (Å²) in [6, 6.07) is 6.44. The zero-order valence-electron chi connectivity index (χ0n) is 6.36. The maximum Gasteiger partial charge on any atom is 0.284 e. The van der Waals surface area contributed by atoms with E-state index in [0.29, 0.717) is 5.56 Å². The van der Waals surface area contributed by atoms with Gasteiger partial charge in [-0.3, -0.25) is 10.1 Å². The zero-order chi connectivity index (χ0) is 9.68. The van der Waals surface area contributed by atoms with Gasteiger partial charge in [0.1, 0.15) is 5.56 Å². The average Bonchev–Trinajstić information content (AvgIpc) is 2.15. The summed E-state index contributed by atoms with van der Waals surface area (Å²) in [5, 5.41) is 13.2. The molecule has 66 valence electrons. The van der Waals surface area contributed by atoms with E-state index >= 15 is 0 Å². The first kappa shape index (κ1) is 10.3. The maximum atomic E-state index is 10.5. The van der Waals surface area contributed by atoms with Gasteiger partial charge >= 0.3 is 0 Å². The monoisotopic (exact) mass is 305 g/mol. The first-order valence-electron chi connectivity index (χ1n) is 3.27. The van der Waals surface area contributed by atoms with Crippen molar-refractivity contribution in [3.05, 3.63) is 39.9 Å². The maximum absolute atomic E-state index is 10.5. The largest absolute Gasteiger partial charge is 0.284 e. The number of hydrogen-bond donors (Lipinski definition) is 0. The highest BCUT2D eigenvalue weighted by Crippen LogP contribution is 2.17. The average molecular weight is 305 g/mol. The van der Waals surface area contributed by atoms with Gasteiger partial charge in [0, 0.05) is 27.3 Å². The van der Waals surface area contributed by atoms with E-state index in [9.17, 15) is 10.1 Å². The summed E-state index contributed by atoms with van der Waals surface area (Å²) >= 11 is 2.02. The standard InChI is InChI=1S/C8H4INO2S/c9-13-6-5-7-3-1-2-4-8(7)10(11)12/h1-4H. The Kier molecular flexibility index (Phi) is 4.05. The Hall–Kier alpha value is -0.740. The van der Waals surface area contributed by atoms with E-state index in [1.165, 1.54) is 15.0 Å². The lowest BCUT2D eigenvalue weighted by molar-refractivity contribution is -0.385. The second-order valence-corrected chi connectivity index (χ2v) is 3.76. The van der Waals surface area contributed by atoms with Gasteiger partial charge in [0.25, 0.3) is 5.69 Å². The Bertz CT molecular complexity index is 383. The molecule has 0 heterocycles. The van der Waals surface area contributed by atoms with Crippen molar-refractivity contribution in [2.75, 3.05) is 0 Å². The number of rotatable bonds is 1. The van der Waals surface area contributed by atoms with E-state index in [1.807, 2.05) is 21.2 Å². The van der Waals surface area contributed by atoms with Gasteiger partial charge in [-0.1, -0.05) is 12.1 Å². The molecule has 0 N–H and O–H groups in total. The number of nitrogens with zero attached hydrogens (tertiary/aromatic N) is 1. The van der Waals surface area contributed by atoms with E-state index in [0.717, 1.165) is 0 Å². The van der Waals surface area contributed by atoms with Gasteiger partial charge in [0.15, 0.2) is 0 Å². The molecule has 0 aliphatic heterocycles. The highest BCUT2D eigenvalue weighted by molar-refractivity contribution is 14.2. The fourth-order valence-electron chi connectivity index (χ4n) is 0.813. The Balaban J connectivity index is 3.12. The predicted molar refractivity (Wildman–Crippen MR) is 61.6 cm³/mol. The molecule has 1 rings (SSSR count). The zero-order valence-corrected chi connectivity index (χ0v) is 9.33. The van der Waals surface area contributed by atoms with Crippen molar-refractivity contribution < 1.29 is 4.92 Å². The molecule has 0 atom stereocenters. The molecule has 0 saturated carbocycles. The molecular formula is C8H4INO2S. The first-order valence-corrected chi connectivity index (χ1v) is 6.63. The molecule has 1 aromatic rings. The highest BCUT2D eigenvalue weighted by atomic mass is 127. The van der Waals surface area contributed by atoms with Crippen molar-refractivity contribution in [2.24, 2.45) is 0 Å². The van der Waals surface area contributed by atoms with E-state index in [1.54, 1.807) is 18.2 Å². The van der Waals surface area contributed by atoms with Crippen molar-refractivity contribution >= 4 is 35.8 Å². The fraction of sp³-hybridized carbons (Fsp3) is 0. The molecule has 0 radical (unpaired) electrons. The Morgan fingerprint density at radius 1 is 1.46 bits per heavy atom. The van der Waals surface area contributed by atoms with Crippen LogP contribution in [0, 0.1) is 21.3 Å². The summed E-state index contributed by atoms with van der Waals surface area (Å²) in [6.07, 6.45) is 0. The summed E-state index contributed by atoms with van der Waals surface area (Å²) in [6.45, 7) is 0. The van der Waals surface area contributed by atoms with Crippen LogP contribution in [0.4, 0.5) is 5.69 Å². The van der Waals surface area contributed by atoms with Crippen LogP contribution in [-0.2, 0) is 0 Å². The summed E-state index contributed by atoms with van der Waals surface area (Å²) in [4.78, 5) is 10.1. The number of benzene rings is 1. The molecule has 0 aromatic heterocycles. The molecule has 0 spiro atoms. The topological polar surface area (TPSA) is 43.1 Å². The Morgan fingerprint density at radius 3 is 2.77 bits per heavy atom. The van der Waals surface area contributed by atoms with E-state index in [-0.39, 0.29) is 5.69 Å². The lowest BCUT2D eigenvalue weighted by Gasteiger charge is -1.92. The normalized spacial score (nSPS) is 8.69. The van der Waals surface area contributed by atoms with Gasteiger partial charge in [0.2, 0.25) is 0 Å². The molecule has 13 heavy (non-hydrogen) atoms. The highest BCUT2D eigenvalue weighted by Gasteiger charge is 2.09. The number of para-hydroxylation sites is 1. The third kappa shape index (κ3) is 2.90. The summed E-state index contributed by atoms with van der Waals surface area (Å²) in [5.41, 5.74) is 0.511. The molecule has 0 fully saturated rings. The first-order chi connectivity index (χ1) is 6.25. The number of nitro benzene ring substituents is 1. The molecule has 0 amide bonds. The Labute approximate surface area is 91.6 Å². The SMILES string of the molecule is O=[N+]([O-])c1ccccc1C#CSI. The van der Waals surface area contributed by atoms with Crippen LogP contribution in [0.5, 0.6) is 0 Å². The van der Waals surface area contributed by atoms with Crippen molar-refractivity contribution in [1.29, 1.82) is 0 Å². The number of halogens is 1. The van der Waals surface area contributed by atoms with Gasteiger partial charge in [-0.15, -0.1) is 0 Å². The van der Waals surface area contributed by atoms with Gasteiger partial charge < -0.3 is 0 Å². The molecule has 0 unspecified atom stereocenters. The van der Waals surface area contributed by atoms with E-state index in [2.05, 4.69) is 11.2 Å². The van der Waals surface area contributed by atoms with Crippen LogP contribution in [0.1, 0.15) is 5.56 Å². The minimum Gasteiger partial charge on any atom is -0.258 e. The van der Waals surface area contributed by atoms with Crippen LogP contribution in [-0.4, -0.2) is 4.92 Å². The third-order valence-corrected chi connectivity index (χ3v) is 2.16. The predicted octanol–water partition coefficient (Wildman–Crippen LogP) is 2.99. The van der Waals surface area contributed by atoms with Crippen LogP contribution in [0.2, 0.25) is 0 Å². The summed E-state index contributed by atoms with van der Waals surface area (Å²) in [7, 11) is 1.30. The molecule has 0 bridgehead atoms. The molecule has 5 heteroatoms. The lowest BCUT2D eigenvalue weighted by atomic mass is 10.2. The molecular weight excluding hydrogens is 301 g/mol. The second-order valence-electron chi connectivity index (χ2n) is 2.08. The van der Waals surface area contributed by atoms with Crippen LogP contribution >= 0.6 is 30.1 Å². The van der Waals surface area contributed by atoms with Gasteiger partial charge in [0.05, 0.1) is 4.92 Å². The number of nitro groups is 1. The van der Waals surface area contributed by atoms with Crippen molar-refractivity contribution in [1.82, 2.24) is 0 Å².